The van der Waals surface area contributed by atoms with Crippen molar-refractivity contribution < 1.29 is 19.1 Å². The minimum Gasteiger partial charge on any atom is -0.493 e. The average Bonchev–Trinajstić information content (AvgIpc) is 2.94. The second-order valence-electron chi connectivity index (χ2n) is 11.5. The van der Waals surface area contributed by atoms with Gasteiger partial charge in [0.1, 0.15) is 11.4 Å². The van der Waals surface area contributed by atoms with Crippen LogP contribution in [0.2, 0.25) is 0 Å². The monoisotopic (exact) mass is 557 g/mol. The number of amides is 1. The van der Waals surface area contributed by atoms with E-state index in [2.05, 4.69) is 22.0 Å². The zero-order valence-corrected chi connectivity index (χ0v) is 25.0. The Hall–Kier alpha value is -3.68. The summed E-state index contributed by atoms with van der Waals surface area (Å²) in [6, 6.07) is 21.1. The van der Waals surface area contributed by atoms with Gasteiger partial charge in [-0.05, 0) is 81.6 Å². The van der Waals surface area contributed by atoms with Crippen molar-refractivity contribution in [3.63, 3.8) is 0 Å². The van der Waals surface area contributed by atoms with Crippen LogP contribution in [0, 0.1) is 0 Å². The van der Waals surface area contributed by atoms with E-state index in [1.54, 1.807) is 6.07 Å². The topological polar surface area (TPSA) is 71.1 Å². The Morgan fingerprint density at radius 2 is 1.54 bits per heavy atom. The maximum atomic E-state index is 13.8. The molecule has 1 fully saturated rings. The molecule has 3 aromatic carbocycles. The highest BCUT2D eigenvalue weighted by molar-refractivity contribution is 6.10. The number of nitrogens with zero attached hydrogens (tertiary/aromatic N) is 2. The van der Waals surface area contributed by atoms with Crippen LogP contribution in [0.1, 0.15) is 67.3 Å². The van der Waals surface area contributed by atoms with E-state index in [1.807, 2.05) is 88.4 Å². The van der Waals surface area contributed by atoms with Crippen molar-refractivity contribution >= 4 is 17.6 Å². The highest BCUT2D eigenvalue weighted by Crippen LogP contribution is 2.29. The van der Waals surface area contributed by atoms with E-state index in [0.29, 0.717) is 29.2 Å². The van der Waals surface area contributed by atoms with Crippen LogP contribution in [0.4, 0.5) is 5.69 Å². The number of benzene rings is 3. The van der Waals surface area contributed by atoms with Gasteiger partial charge >= 0.3 is 5.97 Å². The smallest absolute Gasteiger partial charge is 0.340 e. The molecule has 7 heteroatoms. The van der Waals surface area contributed by atoms with Crippen LogP contribution in [0.15, 0.2) is 66.7 Å². The summed E-state index contributed by atoms with van der Waals surface area (Å²) in [4.78, 5) is 31.9. The Balaban J connectivity index is 1.62. The molecule has 0 spiro atoms. The van der Waals surface area contributed by atoms with Gasteiger partial charge < -0.3 is 19.7 Å². The largest absolute Gasteiger partial charge is 0.493 e. The number of piperazine rings is 1. The van der Waals surface area contributed by atoms with E-state index < -0.39 is 11.6 Å². The van der Waals surface area contributed by atoms with Crippen molar-refractivity contribution in [2.24, 2.45) is 0 Å². The van der Waals surface area contributed by atoms with Gasteiger partial charge in [0.05, 0.1) is 23.4 Å². The number of ether oxygens (including phenoxy) is 2. The maximum absolute atomic E-state index is 13.8. The summed E-state index contributed by atoms with van der Waals surface area (Å²) in [6.45, 7) is 16.0. The van der Waals surface area contributed by atoms with Gasteiger partial charge in [0.2, 0.25) is 0 Å². The Morgan fingerprint density at radius 1 is 0.829 bits per heavy atom. The molecule has 41 heavy (non-hydrogen) atoms. The number of carbonyl (C=O) groups excluding carboxylic acids is 2. The van der Waals surface area contributed by atoms with Crippen molar-refractivity contribution in [1.82, 2.24) is 9.80 Å². The minimum absolute atomic E-state index is 0.298. The van der Waals surface area contributed by atoms with E-state index in [1.165, 1.54) is 6.42 Å². The van der Waals surface area contributed by atoms with Gasteiger partial charge in [-0.3, -0.25) is 9.69 Å². The molecule has 1 aliphatic rings. The number of anilines is 1. The van der Waals surface area contributed by atoms with Gasteiger partial charge in [-0.1, -0.05) is 49.4 Å². The zero-order valence-electron chi connectivity index (χ0n) is 25.0. The maximum Gasteiger partial charge on any atom is 0.340 e. The molecule has 0 bridgehead atoms. The number of carbonyl (C=O) groups is 2. The Morgan fingerprint density at radius 3 is 2.20 bits per heavy atom. The van der Waals surface area contributed by atoms with Crippen molar-refractivity contribution in [2.75, 3.05) is 44.6 Å². The molecule has 0 radical (unpaired) electrons. The Labute approximate surface area is 244 Å². The third-order valence-corrected chi connectivity index (χ3v) is 6.99. The van der Waals surface area contributed by atoms with Crippen molar-refractivity contribution in [1.29, 1.82) is 0 Å². The van der Waals surface area contributed by atoms with E-state index >= 15 is 0 Å². The molecule has 1 aliphatic heterocycles. The fraction of sp³-hybridized carbons (Fsp3) is 0.412. The van der Waals surface area contributed by atoms with E-state index in [0.717, 1.165) is 56.0 Å². The lowest BCUT2D eigenvalue weighted by molar-refractivity contribution is 0.00707. The van der Waals surface area contributed by atoms with Gasteiger partial charge in [0, 0.05) is 32.7 Å². The second-order valence-corrected chi connectivity index (χ2v) is 11.5. The zero-order chi connectivity index (χ0) is 29.4. The van der Waals surface area contributed by atoms with Crippen LogP contribution in [0.5, 0.6) is 5.75 Å². The van der Waals surface area contributed by atoms with E-state index in [4.69, 9.17) is 9.47 Å². The fourth-order valence-electron chi connectivity index (χ4n) is 5.04. The van der Waals surface area contributed by atoms with Crippen LogP contribution >= 0.6 is 0 Å². The molecule has 0 saturated carbocycles. The molecule has 1 N–H and O–H groups in total. The van der Waals surface area contributed by atoms with Crippen LogP contribution in [0.3, 0.4) is 0 Å². The standard InChI is InChI=1S/C34H43N3O4/c1-6-17-36-18-20-37(21-19-36)24-25-13-16-31(40-7-2)29(22-25)32(38)35-30-23-27(26-11-9-8-10-12-26)14-15-28(30)33(39)41-34(3,4)5/h8-16,22-23H,6-7,17-21,24H2,1-5H3,(H,35,38). The molecule has 218 valence electrons. The Kier molecular flexibility index (Phi) is 10.2. The molecule has 0 atom stereocenters. The molecule has 7 nitrogen and oxygen atoms in total. The molecule has 1 amide bonds. The van der Waals surface area contributed by atoms with E-state index in [9.17, 15) is 9.59 Å². The third kappa shape index (κ3) is 8.41. The highest BCUT2D eigenvalue weighted by atomic mass is 16.6. The number of hydrogen-bond donors (Lipinski definition) is 1. The Bertz CT molecular complexity index is 1330. The molecule has 0 aromatic heterocycles. The van der Waals surface area contributed by atoms with Crippen molar-refractivity contribution in [3.05, 3.63) is 83.4 Å². The summed E-state index contributed by atoms with van der Waals surface area (Å²) in [5, 5.41) is 3.01. The first kappa shape index (κ1) is 30.3. The summed E-state index contributed by atoms with van der Waals surface area (Å²) >= 11 is 0. The van der Waals surface area contributed by atoms with Gasteiger partial charge in [-0.25, -0.2) is 4.79 Å². The summed E-state index contributed by atoms with van der Waals surface area (Å²) in [5.41, 5.74) is 3.37. The first-order valence-corrected chi connectivity index (χ1v) is 14.6. The number of nitrogens with one attached hydrogen (secondary N) is 1. The molecule has 1 saturated heterocycles. The van der Waals surface area contributed by atoms with Gasteiger partial charge in [0.25, 0.3) is 5.91 Å². The van der Waals surface area contributed by atoms with Gasteiger partial charge in [-0.15, -0.1) is 0 Å². The summed E-state index contributed by atoms with van der Waals surface area (Å²) in [6.07, 6.45) is 1.17. The summed E-state index contributed by atoms with van der Waals surface area (Å²) in [7, 11) is 0. The van der Waals surface area contributed by atoms with Crippen LogP contribution in [-0.4, -0.2) is 66.6 Å². The van der Waals surface area contributed by atoms with Crippen LogP contribution in [-0.2, 0) is 11.3 Å². The first-order valence-electron chi connectivity index (χ1n) is 14.6. The average molecular weight is 558 g/mol. The molecule has 4 rings (SSSR count). The minimum atomic E-state index is -0.672. The van der Waals surface area contributed by atoms with Crippen molar-refractivity contribution in [3.8, 4) is 16.9 Å². The summed E-state index contributed by atoms with van der Waals surface area (Å²) in [5.74, 6) is -0.314. The molecule has 3 aromatic rings. The lowest BCUT2D eigenvalue weighted by Gasteiger charge is -2.34. The van der Waals surface area contributed by atoms with Crippen LogP contribution in [0.25, 0.3) is 11.1 Å². The lowest BCUT2D eigenvalue weighted by atomic mass is 10.0. The number of rotatable bonds is 10. The molecule has 0 unspecified atom stereocenters. The van der Waals surface area contributed by atoms with Gasteiger partial charge in [-0.2, -0.15) is 0 Å². The van der Waals surface area contributed by atoms with Gasteiger partial charge in [0.15, 0.2) is 0 Å². The predicted octanol–water partition coefficient (Wildman–Crippen LogP) is 6.49. The molecule has 0 aliphatic carbocycles. The fourth-order valence-corrected chi connectivity index (χ4v) is 5.04. The molecular formula is C34H43N3O4. The number of hydrogen-bond acceptors (Lipinski definition) is 6. The van der Waals surface area contributed by atoms with E-state index in [-0.39, 0.29) is 5.91 Å². The molecule has 1 heterocycles. The normalized spacial score (nSPS) is 14.5. The predicted molar refractivity (Wildman–Crippen MR) is 165 cm³/mol. The quantitative estimate of drug-likeness (QED) is 0.288. The first-order chi connectivity index (χ1) is 19.7. The van der Waals surface area contributed by atoms with Crippen LogP contribution < -0.4 is 10.1 Å². The molecular weight excluding hydrogens is 514 g/mol. The lowest BCUT2D eigenvalue weighted by Crippen LogP contribution is -2.45. The van der Waals surface area contributed by atoms with Crippen molar-refractivity contribution in [2.45, 2.75) is 53.2 Å². The third-order valence-electron chi connectivity index (χ3n) is 6.99. The second kappa shape index (κ2) is 13.8. The number of esters is 1. The highest BCUT2D eigenvalue weighted by Gasteiger charge is 2.24. The summed E-state index contributed by atoms with van der Waals surface area (Å²) < 4.78 is 11.5. The SMILES string of the molecule is CCCN1CCN(Cc2ccc(OCC)c(C(=O)Nc3cc(-c4ccccc4)ccc3C(=O)OC(C)(C)C)c2)CC1.